The van der Waals surface area contributed by atoms with Crippen molar-refractivity contribution in [1.29, 1.82) is 0 Å². The summed E-state index contributed by atoms with van der Waals surface area (Å²) >= 11 is 0. The number of pyridine rings is 2. The van der Waals surface area contributed by atoms with E-state index < -0.39 is 8.80 Å². The summed E-state index contributed by atoms with van der Waals surface area (Å²) in [5.41, 5.74) is 1.94. The Bertz CT molecular complexity index is 511. The SMILES string of the molecule is CCOc1ccc(-c2ncccc2[SiH](C)C)nc1. The molecule has 0 atom stereocenters. The Kier molecular flexibility index (Phi) is 4.10. The molecule has 94 valence electrons. The van der Waals surface area contributed by atoms with E-state index in [0.29, 0.717) is 6.61 Å². The van der Waals surface area contributed by atoms with Crippen molar-refractivity contribution >= 4 is 14.0 Å². The molecule has 18 heavy (non-hydrogen) atoms. The molecule has 0 saturated heterocycles. The van der Waals surface area contributed by atoms with Gasteiger partial charge in [0.2, 0.25) is 0 Å². The highest BCUT2D eigenvalue weighted by atomic mass is 28.3. The van der Waals surface area contributed by atoms with E-state index in [4.69, 9.17) is 4.74 Å². The fourth-order valence-corrected chi connectivity index (χ4v) is 3.14. The molecule has 0 aliphatic rings. The van der Waals surface area contributed by atoms with Gasteiger partial charge in [0.05, 0.1) is 33.0 Å². The lowest BCUT2D eigenvalue weighted by molar-refractivity contribution is 0.339. The molecular weight excluding hydrogens is 240 g/mol. The van der Waals surface area contributed by atoms with Gasteiger partial charge in [0.15, 0.2) is 0 Å². The number of ether oxygens (including phenoxy) is 1. The van der Waals surface area contributed by atoms with Crippen molar-refractivity contribution < 1.29 is 4.74 Å². The fourth-order valence-electron chi connectivity index (χ4n) is 1.87. The Morgan fingerprint density at radius 3 is 2.61 bits per heavy atom. The average Bonchev–Trinajstić information content (AvgIpc) is 2.40. The molecule has 0 amide bonds. The van der Waals surface area contributed by atoms with Gasteiger partial charge >= 0.3 is 0 Å². The zero-order valence-electron chi connectivity index (χ0n) is 11.1. The molecule has 0 aliphatic heterocycles. The second kappa shape index (κ2) is 5.77. The Balaban J connectivity index is 2.36. The van der Waals surface area contributed by atoms with Gasteiger partial charge in [0.25, 0.3) is 0 Å². The largest absolute Gasteiger partial charge is 0.492 e. The molecule has 0 aliphatic carbocycles. The Labute approximate surface area is 109 Å². The second-order valence-electron chi connectivity index (χ2n) is 4.41. The first kappa shape index (κ1) is 12.8. The normalized spacial score (nSPS) is 10.7. The van der Waals surface area contributed by atoms with E-state index in [9.17, 15) is 0 Å². The predicted molar refractivity (Wildman–Crippen MR) is 77.1 cm³/mol. The molecule has 0 bridgehead atoms. The van der Waals surface area contributed by atoms with E-state index in [1.807, 2.05) is 31.3 Å². The van der Waals surface area contributed by atoms with Crippen LogP contribution in [0.2, 0.25) is 13.1 Å². The van der Waals surface area contributed by atoms with E-state index >= 15 is 0 Å². The topological polar surface area (TPSA) is 35.0 Å². The molecule has 0 fully saturated rings. The fraction of sp³-hybridized carbons (Fsp3) is 0.286. The molecule has 2 aromatic heterocycles. The molecule has 0 aromatic carbocycles. The maximum atomic E-state index is 5.40. The molecule has 2 heterocycles. The number of rotatable bonds is 4. The van der Waals surface area contributed by atoms with Crippen LogP contribution in [0.1, 0.15) is 6.92 Å². The van der Waals surface area contributed by atoms with E-state index in [0.717, 1.165) is 17.1 Å². The van der Waals surface area contributed by atoms with Crippen molar-refractivity contribution in [2.75, 3.05) is 6.61 Å². The van der Waals surface area contributed by atoms with Gasteiger partial charge in [-0.1, -0.05) is 19.2 Å². The van der Waals surface area contributed by atoms with Crippen LogP contribution >= 0.6 is 0 Å². The van der Waals surface area contributed by atoms with E-state index in [1.165, 1.54) is 5.19 Å². The van der Waals surface area contributed by atoms with Crippen molar-refractivity contribution in [3.8, 4) is 17.1 Å². The van der Waals surface area contributed by atoms with Crippen LogP contribution in [0.4, 0.5) is 0 Å². The molecule has 4 heteroatoms. The van der Waals surface area contributed by atoms with E-state index in [1.54, 1.807) is 6.20 Å². The van der Waals surface area contributed by atoms with Crippen molar-refractivity contribution in [2.24, 2.45) is 0 Å². The van der Waals surface area contributed by atoms with Crippen LogP contribution < -0.4 is 9.92 Å². The van der Waals surface area contributed by atoms with Gasteiger partial charge in [-0.3, -0.25) is 9.97 Å². The predicted octanol–water partition coefficient (Wildman–Crippen LogP) is 2.24. The first-order valence-corrected chi connectivity index (χ1v) is 9.15. The lowest BCUT2D eigenvalue weighted by Gasteiger charge is -2.10. The van der Waals surface area contributed by atoms with Gasteiger partial charge < -0.3 is 4.74 Å². The number of aromatic nitrogens is 2. The summed E-state index contributed by atoms with van der Waals surface area (Å²) < 4.78 is 5.40. The average molecular weight is 258 g/mol. The first-order chi connectivity index (χ1) is 8.72. The van der Waals surface area contributed by atoms with Gasteiger partial charge in [-0.05, 0) is 30.3 Å². The number of nitrogens with zero attached hydrogens (tertiary/aromatic N) is 2. The van der Waals surface area contributed by atoms with Crippen LogP contribution in [0.25, 0.3) is 11.4 Å². The molecule has 3 nitrogen and oxygen atoms in total. The third kappa shape index (κ3) is 2.76. The second-order valence-corrected chi connectivity index (χ2v) is 7.34. The Hall–Kier alpha value is -1.68. The van der Waals surface area contributed by atoms with E-state index in [2.05, 4.69) is 29.1 Å². The van der Waals surface area contributed by atoms with Crippen molar-refractivity contribution in [2.45, 2.75) is 20.0 Å². The summed E-state index contributed by atoms with van der Waals surface area (Å²) in [6.45, 7) is 7.23. The minimum atomic E-state index is -0.897. The highest BCUT2D eigenvalue weighted by Crippen LogP contribution is 2.16. The first-order valence-electron chi connectivity index (χ1n) is 6.26. The van der Waals surface area contributed by atoms with E-state index in [-0.39, 0.29) is 0 Å². The molecular formula is C14H18N2OSi. The summed E-state index contributed by atoms with van der Waals surface area (Å²) in [5, 5.41) is 1.36. The van der Waals surface area contributed by atoms with Crippen LogP contribution in [0, 0.1) is 0 Å². The Morgan fingerprint density at radius 2 is 2.00 bits per heavy atom. The summed E-state index contributed by atoms with van der Waals surface area (Å²) in [7, 11) is -0.897. The van der Waals surface area contributed by atoms with Gasteiger partial charge in [-0.2, -0.15) is 0 Å². The van der Waals surface area contributed by atoms with Crippen LogP contribution in [-0.4, -0.2) is 25.4 Å². The number of hydrogen-bond acceptors (Lipinski definition) is 3. The maximum absolute atomic E-state index is 5.40. The Morgan fingerprint density at radius 1 is 1.17 bits per heavy atom. The van der Waals surface area contributed by atoms with Gasteiger partial charge in [-0.25, -0.2) is 0 Å². The van der Waals surface area contributed by atoms with Gasteiger partial charge in [0.1, 0.15) is 5.75 Å². The molecule has 0 spiro atoms. The molecule has 0 unspecified atom stereocenters. The van der Waals surface area contributed by atoms with Gasteiger partial charge in [-0.15, -0.1) is 0 Å². The highest BCUT2D eigenvalue weighted by Gasteiger charge is 2.11. The third-order valence-corrected chi connectivity index (χ3v) is 4.46. The summed E-state index contributed by atoms with van der Waals surface area (Å²) in [6.07, 6.45) is 3.59. The lowest BCUT2D eigenvalue weighted by Crippen LogP contribution is -2.25. The lowest BCUT2D eigenvalue weighted by atomic mass is 10.2. The molecule has 0 radical (unpaired) electrons. The highest BCUT2D eigenvalue weighted by molar-refractivity contribution is 6.72. The van der Waals surface area contributed by atoms with Crippen molar-refractivity contribution in [3.05, 3.63) is 36.7 Å². The third-order valence-electron chi connectivity index (χ3n) is 2.75. The van der Waals surface area contributed by atoms with Crippen LogP contribution in [0.3, 0.4) is 0 Å². The monoisotopic (exact) mass is 258 g/mol. The standard InChI is InChI=1S/C14H18N2OSi/c1-4-17-11-7-8-12(16-10-11)14-13(18(2)3)6-5-9-15-14/h5-10,18H,4H2,1-3H3. The van der Waals surface area contributed by atoms with Gasteiger partial charge in [0, 0.05) is 6.20 Å². The number of hydrogen-bond donors (Lipinski definition) is 0. The summed E-state index contributed by atoms with van der Waals surface area (Å²) in [6, 6.07) is 8.09. The zero-order valence-corrected chi connectivity index (χ0v) is 12.2. The smallest absolute Gasteiger partial charge is 0.137 e. The zero-order chi connectivity index (χ0) is 13.0. The molecule has 0 saturated carbocycles. The van der Waals surface area contributed by atoms with Crippen LogP contribution in [0.5, 0.6) is 5.75 Å². The minimum Gasteiger partial charge on any atom is -0.492 e. The summed E-state index contributed by atoms with van der Waals surface area (Å²) in [5.74, 6) is 0.806. The molecule has 0 N–H and O–H groups in total. The van der Waals surface area contributed by atoms with Crippen molar-refractivity contribution in [1.82, 2.24) is 9.97 Å². The maximum Gasteiger partial charge on any atom is 0.137 e. The van der Waals surface area contributed by atoms with Crippen molar-refractivity contribution in [3.63, 3.8) is 0 Å². The summed E-state index contributed by atoms with van der Waals surface area (Å²) in [4.78, 5) is 8.92. The molecule has 2 aromatic rings. The quantitative estimate of drug-likeness (QED) is 0.789. The van der Waals surface area contributed by atoms with Crippen LogP contribution in [0.15, 0.2) is 36.7 Å². The molecule has 2 rings (SSSR count). The minimum absolute atomic E-state index is 0.661. The van der Waals surface area contributed by atoms with Crippen LogP contribution in [-0.2, 0) is 0 Å².